The fraction of sp³-hybridized carbons (Fsp3) is 0.316. The molecular formula is C19H27AlN2O2S. The molecule has 2 N–H and O–H groups in total. The van der Waals surface area contributed by atoms with Gasteiger partial charge in [0, 0.05) is 11.4 Å². The van der Waals surface area contributed by atoms with Crippen LogP contribution < -0.4 is 20.1 Å². The first-order valence-corrected chi connectivity index (χ1v) is 11.9. The van der Waals surface area contributed by atoms with E-state index < -0.39 is 0 Å². The Balaban J connectivity index is 0.000000970. The minimum atomic E-state index is 0.417. The molecule has 0 spiro atoms. The van der Waals surface area contributed by atoms with Crippen LogP contribution in [0.25, 0.3) is 0 Å². The van der Waals surface area contributed by atoms with Gasteiger partial charge in [0.05, 0.1) is 13.2 Å². The molecule has 0 atom stereocenters. The average Bonchev–Trinajstić information content (AvgIpc) is 2.60. The van der Waals surface area contributed by atoms with Gasteiger partial charge >= 0.3 is 0 Å². The minimum absolute atomic E-state index is 0.417. The summed E-state index contributed by atoms with van der Waals surface area (Å²) in [5.41, 5.74) is 1.82. The lowest BCUT2D eigenvalue weighted by Gasteiger charge is -2.12. The first-order valence-electron chi connectivity index (χ1n) is 8.66. The van der Waals surface area contributed by atoms with E-state index in [2.05, 4.69) is 22.2 Å². The molecule has 4 nitrogen and oxygen atoms in total. The van der Waals surface area contributed by atoms with Gasteiger partial charge in [-0.25, -0.2) is 0 Å². The predicted molar refractivity (Wildman–Crippen MR) is 114 cm³/mol. The standard InChI is InChI=1S/C17H20N2O2S.2CH3.Al.H/c1-3-20-15-9-5-13(6-10-15)18-17(22)19-14-7-11-16(12-8-14)21-4-2;;;;/h5-12H,3-4H2,1-2H3,(H2,18,19,22);2*1H3;;. The van der Waals surface area contributed by atoms with Gasteiger partial charge in [-0.3, -0.25) is 0 Å². The van der Waals surface area contributed by atoms with Crippen LogP contribution in [0.3, 0.4) is 0 Å². The fourth-order valence-electron chi connectivity index (χ4n) is 1.90. The second kappa shape index (κ2) is 12.6. The highest BCUT2D eigenvalue weighted by atomic mass is 32.1. The quantitative estimate of drug-likeness (QED) is 0.561. The third-order valence-corrected chi connectivity index (χ3v) is 3.05. The van der Waals surface area contributed by atoms with Crippen LogP contribution in [-0.2, 0) is 0 Å². The molecule has 134 valence electrons. The number of ether oxygens (including phenoxy) is 2. The predicted octanol–water partition coefficient (Wildman–Crippen LogP) is 4.81. The van der Waals surface area contributed by atoms with Crippen LogP contribution in [-0.4, -0.2) is 33.5 Å². The SMILES string of the molecule is CCOc1ccc(NC(=S)Nc2ccc(OCC)cc2)cc1.[CH3][AlH][CH3]. The van der Waals surface area contributed by atoms with Crippen molar-refractivity contribution in [3.8, 4) is 11.5 Å². The maximum Gasteiger partial charge on any atom is 0.229 e. The van der Waals surface area contributed by atoms with Gasteiger partial charge < -0.3 is 20.1 Å². The highest BCUT2D eigenvalue weighted by Crippen LogP contribution is 2.18. The second-order valence-electron chi connectivity index (χ2n) is 5.20. The van der Waals surface area contributed by atoms with Crippen LogP contribution >= 0.6 is 12.2 Å². The topological polar surface area (TPSA) is 42.5 Å². The zero-order chi connectivity index (χ0) is 18.5. The summed E-state index contributed by atoms with van der Waals surface area (Å²) >= 11 is 5.72. The summed E-state index contributed by atoms with van der Waals surface area (Å²) < 4.78 is 10.8. The Hall–Kier alpha value is -1.74. The molecule has 0 saturated heterocycles. The van der Waals surface area contributed by atoms with Crippen molar-refractivity contribution >= 4 is 43.9 Å². The minimum Gasteiger partial charge on any atom is -0.494 e. The monoisotopic (exact) mass is 374 g/mol. The molecule has 6 heteroatoms. The van der Waals surface area contributed by atoms with Gasteiger partial charge in [-0.15, -0.1) is 11.6 Å². The summed E-state index contributed by atoms with van der Waals surface area (Å²) in [6.07, 6.45) is 0. The molecule has 25 heavy (non-hydrogen) atoms. The molecule has 0 aliphatic heterocycles. The molecule has 0 heterocycles. The van der Waals surface area contributed by atoms with Crippen LogP contribution in [0.5, 0.6) is 11.5 Å². The number of nitrogens with one attached hydrogen (secondary N) is 2. The van der Waals surface area contributed by atoms with Gasteiger partial charge in [0.1, 0.15) is 11.5 Å². The van der Waals surface area contributed by atoms with E-state index in [0.717, 1.165) is 22.9 Å². The maximum atomic E-state index is 5.40. The van der Waals surface area contributed by atoms with Gasteiger partial charge in [-0.1, -0.05) is 0 Å². The smallest absolute Gasteiger partial charge is 0.229 e. The van der Waals surface area contributed by atoms with Crippen molar-refractivity contribution < 1.29 is 9.47 Å². The lowest BCUT2D eigenvalue weighted by Crippen LogP contribution is -2.18. The number of anilines is 2. The van der Waals surface area contributed by atoms with Crippen LogP contribution in [0.1, 0.15) is 13.8 Å². The third kappa shape index (κ3) is 8.78. The van der Waals surface area contributed by atoms with Crippen LogP contribution in [0.2, 0.25) is 11.6 Å². The lowest BCUT2D eigenvalue weighted by atomic mass is 10.3. The molecule has 0 bridgehead atoms. The Morgan fingerprint density at radius 2 is 1.12 bits per heavy atom. The number of hydrogen-bond acceptors (Lipinski definition) is 3. The number of rotatable bonds is 6. The molecule has 0 radical (unpaired) electrons. The molecule has 2 aromatic rings. The van der Waals surface area contributed by atoms with E-state index in [4.69, 9.17) is 21.7 Å². The van der Waals surface area contributed by atoms with E-state index in [9.17, 15) is 0 Å². The van der Waals surface area contributed by atoms with E-state index in [1.54, 1.807) is 0 Å². The molecule has 0 saturated carbocycles. The van der Waals surface area contributed by atoms with Crippen molar-refractivity contribution in [1.82, 2.24) is 0 Å². The Morgan fingerprint density at radius 3 is 1.40 bits per heavy atom. The Morgan fingerprint density at radius 1 is 0.800 bits per heavy atom. The van der Waals surface area contributed by atoms with Crippen molar-refractivity contribution in [2.45, 2.75) is 25.4 Å². The fourth-order valence-corrected chi connectivity index (χ4v) is 2.13. The molecular weight excluding hydrogens is 347 g/mol. The maximum absolute atomic E-state index is 5.40. The van der Waals surface area contributed by atoms with Crippen LogP contribution in [0.4, 0.5) is 11.4 Å². The second-order valence-corrected chi connectivity index (χ2v) is 7.02. The number of hydrogen-bond donors (Lipinski definition) is 2. The Bertz CT molecular complexity index is 565. The van der Waals surface area contributed by atoms with Crippen molar-refractivity contribution in [2.24, 2.45) is 0 Å². The normalized spacial score (nSPS) is 9.28. The van der Waals surface area contributed by atoms with Crippen LogP contribution in [0, 0.1) is 0 Å². The molecule has 0 aliphatic rings. The summed E-state index contributed by atoms with van der Waals surface area (Å²) in [6, 6.07) is 15.3. The van der Waals surface area contributed by atoms with Crippen molar-refractivity contribution in [2.75, 3.05) is 23.8 Å². The molecule has 0 unspecified atom stereocenters. The first kappa shape index (κ1) is 21.3. The molecule has 0 amide bonds. The first-order chi connectivity index (χ1) is 12.1. The van der Waals surface area contributed by atoms with Gasteiger partial charge in [0.15, 0.2) is 5.11 Å². The zero-order valence-electron chi connectivity index (χ0n) is 15.5. The largest absolute Gasteiger partial charge is 0.494 e. The summed E-state index contributed by atoms with van der Waals surface area (Å²) in [5.74, 6) is 6.22. The summed E-state index contributed by atoms with van der Waals surface area (Å²) in [7, 11) is 0. The van der Waals surface area contributed by atoms with E-state index in [1.165, 1.54) is 0 Å². The van der Waals surface area contributed by atoms with Gasteiger partial charge in [-0.05, 0) is 74.6 Å². The highest BCUT2D eigenvalue weighted by Gasteiger charge is 2.00. The third-order valence-electron chi connectivity index (χ3n) is 2.85. The van der Waals surface area contributed by atoms with Crippen molar-refractivity contribution in [3.05, 3.63) is 48.5 Å². The van der Waals surface area contributed by atoms with E-state index in [-0.39, 0.29) is 0 Å². The summed E-state index contributed by atoms with van der Waals surface area (Å²) in [4.78, 5) is 0. The Labute approximate surface area is 162 Å². The van der Waals surface area contributed by atoms with E-state index in [0.29, 0.717) is 33.5 Å². The van der Waals surface area contributed by atoms with Crippen molar-refractivity contribution in [1.29, 1.82) is 0 Å². The molecule has 2 aromatic carbocycles. The number of thiocarbonyl (C=S) groups is 1. The van der Waals surface area contributed by atoms with Gasteiger partial charge in [0.2, 0.25) is 15.2 Å². The molecule has 2 rings (SSSR count). The van der Waals surface area contributed by atoms with Crippen molar-refractivity contribution in [3.63, 3.8) is 0 Å². The molecule has 0 fully saturated rings. The summed E-state index contributed by atoms with van der Waals surface area (Å²) in [6.45, 7) is 5.24. The zero-order valence-corrected chi connectivity index (χ0v) is 17.7. The lowest BCUT2D eigenvalue weighted by molar-refractivity contribution is 0.340. The average molecular weight is 374 g/mol. The van der Waals surface area contributed by atoms with E-state index >= 15 is 0 Å². The summed E-state index contributed by atoms with van der Waals surface area (Å²) in [5, 5.41) is 6.80. The molecule has 0 aliphatic carbocycles. The van der Waals surface area contributed by atoms with Gasteiger partial charge in [0.25, 0.3) is 0 Å². The Kier molecular flexibility index (Phi) is 10.7. The number of benzene rings is 2. The van der Waals surface area contributed by atoms with Gasteiger partial charge in [-0.2, -0.15) is 0 Å². The highest BCUT2D eigenvalue weighted by molar-refractivity contribution is 7.80. The van der Waals surface area contributed by atoms with E-state index in [1.807, 2.05) is 62.4 Å². The van der Waals surface area contributed by atoms with Crippen LogP contribution in [0.15, 0.2) is 48.5 Å². The molecule has 0 aromatic heterocycles.